The first-order chi connectivity index (χ1) is 10.5. The molecule has 2 aromatic carbocycles. The van der Waals surface area contributed by atoms with Crippen molar-refractivity contribution < 1.29 is 4.79 Å². The molecule has 0 aliphatic heterocycles. The highest BCUT2D eigenvalue weighted by atomic mass is 35.5. The molecule has 112 valence electrons. The van der Waals surface area contributed by atoms with E-state index in [1.165, 1.54) is 17.3 Å². The lowest BCUT2D eigenvalue weighted by Crippen LogP contribution is -2.14. The maximum atomic E-state index is 12.0. The lowest BCUT2D eigenvalue weighted by atomic mass is 10.2. The Kier molecular flexibility index (Phi) is 5.48. The molecule has 0 fully saturated rings. The molecule has 22 heavy (non-hydrogen) atoms. The van der Waals surface area contributed by atoms with Gasteiger partial charge in [0.2, 0.25) is 5.91 Å². The average Bonchev–Trinajstić information content (AvgIpc) is 2.48. The minimum atomic E-state index is -0.105. The zero-order valence-electron chi connectivity index (χ0n) is 12.3. The molecule has 2 rings (SSSR count). The summed E-state index contributed by atoms with van der Waals surface area (Å²) in [5.74, 6) is 0.216. The third-order valence-corrected chi connectivity index (χ3v) is 4.55. The van der Waals surface area contributed by atoms with Gasteiger partial charge in [0.1, 0.15) is 6.07 Å². The Morgan fingerprint density at radius 1 is 1.27 bits per heavy atom. The highest BCUT2D eigenvalue weighted by molar-refractivity contribution is 8.00. The Balaban J connectivity index is 1.97. The predicted octanol–water partition coefficient (Wildman–Crippen LogP) is 4.56. The number of hydrogen-bond donors (Lipinski definition) is 1. The third kappa shape index (κ3) is 4.27. The van der Waals surface area contributed by atoms with Gasteiger partial charge >= 0.3 is 0 Å². The van der Waals surface area contributed by atoms with E-state index in [0.29, 0.717) is 22.0 Å². The lowest BCUT2D eigenvalue weighted by molar-refractivity contribution is -0.113. The van der Waals surface area contributed by atoms with Crippen LogP contribution in [0.1, 0.15) is 16.7 Å². The van der Waals surface area contributed by atoms with Crippen molar-refractivity contribution in [1.29, 1.82) is 5.26 Å². The molecule has 1 amide bonds. The van der Waals surface area contributed by atoms with Gasteiger partial charge in [-0.1, -0.05) is 29.3 Å². The van der Waals surface area contributed by atoms with Gasteiger partial charge in [0, 0.05) is 10.6 Å². The number of anilines is 1. The molecule has 5 heteroatoms. The Bertz CT molecular complexity index is 753. The molecule has 2 aromatic rings. The summed E-state index contributed by atoms with van der Waals surface area (Å²) in [6.07, 6.45) is 0. The van der Waals surface area contributed by atoms with Crippen molar-refractivity contribution in [2.45, 2.75) is 18.7 Å². The first-order valence-corrected chi connectivity index (χ1v) is 8.05. The van der Waals surface area contributed by atoms with E-state index in [2.05, 4.69) is 23.5 Å². The van der Waals surface area contributed by atoms with Gasteiger partial charge in [-0.05, 0) is 43.7 Å². The topological polar surface area (TPSA) is 52.9 Å². The van der Waals surface area contributed by atoms with Crippen LogP contribution in [0.3, 0.4) is 0 Å². The Morgan fingerprint density at radius 3 is 2.73 bits per heavy atom. The maximum absolute atomic E-state index is 12.0. The van der Waals surface area contributed by atoms with Crippen LogP contribution in [0.5, 0.6) is 0 Å². The summed E-state index contributed by atoms with van der Waals surface area (Å²) in [4.78, 5) is 13.1. The lowest BCUT2D eigenvalue weighted by Gasteiger charge is -2.08. The second kappa shape index (κ2) is 7.35. The quantitative estimate of drug-likeness (QED) is 0.836. The number of halogens is 1. The second-order valence-corrected chi connectivity index (χ2v) is 6.34. The number of carbonyl (C=O) groups is 1. The summed E-state index contributed by atoms with van der Waals surface area (Å²) in [5, 5.41) is 11.9. The number of nitrogens with zero attached hydrogens (tertiary/aromatic N) is 1. The number of nitriles is 1. The van der Waals surface area contributed by atoms with Gasteiger partial charge in [0.25, 0.3) is 0 Å². The number of carbonyl (C=O) groups excluding carboxylic acids is 1. The number of rotatable bonds is 4. The molecule has 0 bridgehead atoms. The van der Waals surface area contributed by atoms with E-state index < -0.39 is 0 Å². The molecule has 3 nitrogen and oxygen atoms in total. The Labute approximate surface area is 139 Å². The van der Waals surface area contributed by atoms with Crippen LogP contribution in [0.2, 0.25) is 5.02 Å². The molecule has 0 aliphatic rings. The van der Waals surface area contributed by atoms with Crippen molar-refractivity contribution in [3.05, 3.63) is 58.1 Å². The molecule has 0 spiro atoms. The van der Waals surface area contributed by atoms with Crippen molar-refractivity contribution in [3.63, 3.8) is 0 Å². The first kappa shape index (κ1) is 16.4. The van der Waals surface area contributed by atoms with Crippen LogP contribution in [-0.2, 0) is 4.79 Å². The molecule has 0 saturated heterocycles. The van der Waals surface area contributed by atoms with Gasteiger partial charge in [0.15, 0.2) is 0 Å². The van der Waals surface area contributed by atoms with Crippen molar-refractivity contribution in [2.75, 3.05) is 11.1 Å². The second-order valence-electron chi connectivity index (χ2n) is 4.91. The number of thioether (sulfide) groups is 1. The molecule has 0 heterocycles. The summed E-state index contributed by atoms with van der Waals surface area (Å²) in [6.45, 7) is 4.06. The van der Waals surface area contributed by atoms with Crippen LogP contribution in [-0.4, -0.2) is 11.7 Å². The van der Waals surface area contributed by atoms with Gasteiger partial charge < -0.3 is 5.32 Å². The van der Waals surface area contributed by atoms with Crippen LogP contribution in [0.15, 0.2) is 41.3 Å². The van der Waals surface area contributed by atoms with E-state index in [9.17, 15) is 4.79 Å². The van der Waals surface area contributed by atoms with E-state index in [4.69, 9.17) is 16.9 Å². The Hall–Kier alpha value is -1.96. The van der Waals surface area contributed by atoms with E-state index in [0.717, 1.165) is 10.5 Å². The van der Waals surface area contributed by atoms with Crippen LogP contribution < -0.4 is 5.32 Å². The number of hydrogen-bond acceptors (Lipinski definition) is 3. The fourth-order valence-corrected chi connectivity index (χ4v) is 3.03. The fraction of sp³-hybridized carbons (Fsp3) is 0.176. The van der Waals surface area contributed by atoms with Gasteiger partial charge in [-0.25, -0.2) is 0 Å². The van der Waals surface area contributed by atoms with Gasteiger partial charge in [-0.15, -0.1) is 11.8 Å². The first-order valence-electron chi connectivity index (χ1n) is 6.69. The van der Waals surface area contributed by atoms with Gasteiger partial charge in [0.05, 0.1) is 16.3 Å². The zero-order valence-corrected chi connectivity index (χ0v) is 13.9. The highest BCUT2D eigenvalue weighted by Crippen LogP contribution is 2.24. The SMILES string of the molecule is Cc1ccc(C)c(SCC(=O)Nc2ccc(C#N)c(Cl)c2)c1. The smallest absolute Gasteiger partial charge is 0.234 e. The number of aryl methyl sites for hydroxylation is 2. The van der Waals surface area contributed by atoms with Crippen LogP contribution in [0.25, 0.3) is 0 Å². The minimum Gasteiger partial charge on any atom is -0.325 e. The van der Waals surface area contributed by atoms with Crippen LogP contribution in [0, 0.1) is 25.2 Å². The molecule has 0 aliphatic carbocycles. The zero-order chi connectivity index (χ0) is 16.1. The van der Waals surface area contributed by atoms with Crippen molar-refractivity contribution in [3.8, 4) is 6.07 Å². The summed E-state index contributed by atoms with van der Waals surface area (Å²) < 4.78 is 0. The van der Waals surface area contributed by atoms with E-state index in [1.807, 2.05) is 19.9 Å². The predicted molar refractivity (Wildman–Crippen MR) is 91.4 cm³/mol. The Morgan fingerprint density at radius 2 is 2.05 bits per heavy atom. The number of nitrogens with one attached hydrogen (secondary N) is 1. The summed E-state index contributed by atoms with van der Waals surface area (Å²) >= 11 is 7.45. The minimum absolute atomic E-state index is 0.105. The van der Waals surface area contributed by atoms with Crippen molar-refractivity contribution >= 4 is 35.0 Å². The molecule has 0 saturated carbocycles. The molecule has 0 radical (unpaired) electrons. The average molecular weight is 331 g/mol. The molecule has 0 atom stereocenters. The van der Waals surface area contributed by atoms with Crippen LogP contribution in [0.4, 0.5) is 5.69 Å². The van der Waals surface area contributed by atoms with E-state index >= 15 is 0 Å². The van der Waals surface area contributed by atoms with Crippen molar-refractivity contribution in [1.82, 2.24) is 0 Å². The molecule has 1 N–H and O–H groups in total. The molecular weight excluding hydrogens is 316 g/mol. The molecule has 0 aromatic heterocycles. The molecule has 0 unspecified atom stereocenters. The standard InChI is InChI=1S/C17H15ClN2OS/c1-11-3-4-12(2)16(7-11)22-10-17(21)20-14-6-5-13(9-19)15(18)8-14/h3-8H,10H2,1-2H3,(H,20,21). The van der Waals surface area contributed by atoms with E-state index in [-0.39, 0.29) is 5.91 Å². The van der Waals surface area contributed by atoms with Gasteiger partial charge in [-0.3, -0.25) is 4.79 Å². The fourth-order valence-electron chi connectivity index (χ4n) is 1.89. The van der Waals surface area contributed by atoms with Gasteiger partial charge in [-0.2, -0.15) is 5.26 Å². The third-order valence-electron chi connectivity index (χ3n) is 3.08. The van der Waals surface area contributed by atoms with Crippen LogP contribution >= 0.6 is 23.4 Å². The largest absolute Gasteiger partial charge is 0.325 e. The van der Waals surface area contributed by atoms with Crippen molar-refractivity contribution in [2.24, 2.45) is 0 Å². The molecular formula is C17H15ClN2OS. The number of amides is 1. The maximum Gasteiger partial charge on any atom is 0.234 e. The summed E-state index contributed by atoms with van der Waals surface area (Å²) in [5.41, 5.74) is 3.32. The summed E-state index contributed by atoms with van der Waals surface area (Å²) in [6, 6.07) is 13.0. The normalized spacial score (nSPS) is 10.1. The highest BCUT2D eigenvalue weighted by Gasteiger charge is 2.07. The monoisotopic (exact) mass is 330 g/mol. The number of benzene rings is 2. The summed E-state index contributed by atoms with van der Waals surface area (Å²) in [7, 11) is 0. The van der Waals surface area contributed by atoms with E-state index in [1.54, 1.807) is 18.2 Å².